The number of alkyl halides is 3. The first-order valence-corrected chi connectivity index (χ1v) is 10.0. The van der Waals surface area contributed by atoms with Crippen LogP contribution in [0.3, 0.4) is 0 Å². The van der Waals surface area contributed by atoms with E-state index >= 15 is 0 Å². The Balaban J connectivity index is 1.91. The number of piperazine rings is 1. The van der Waals surface area contributed by atoms with Crippen LogP contribution in [0.1, 0.15) is 25.8 Å². The summed E-state index contributed by atoms with van der Waals surface area (Å²) in [6.45, 7) is 5.80. The molecule has 1 N–H and O–H groups in total. The lowest BCUT2D eigenvalue weighted by Crippen LogP contribution is -2.53. The number of esters is 1. The SMILES string of the molecule is CCC(C)C(NC(=O)CN1CCN(c2ncc(C(F)(F)F)cc2Cl)CC1)C(=O)OC. The molecule has 0 spiro atoms. The van der Waals surface area contributed by atoms with E-state index in [9.17, 15) is 22.8 Å². The first-order chi connectivity index (χ1) is 14.1. The highest BCUT2D eigenvalue weighted by Crippen LogP contribution is 2.33. The third kappa shape index (κ3) is 6.21. The van der Waals surface area contributed by atoms with Gasteiger partial charge in [0.1, 0.15) is 11.9 Å². The molecule has 1 saturated heterocycles. The molecule has 1 aromatic heterocycles. The summed E-state index contributed by atoms with van der Waals surface area (Å²) in [6.07, 6.45) is -3.03. The van der Waals surface area contributed by atoms with Gasteiger partial charge in [0.05, 0.1) is 24.2 Å². The van der Waals surface area contributed by atoms with Gasteiger partial charge in [0.15, 0.2) is 0 Å². The van der Waals surface area contributed by atoms with Crippen LogP contribution in [-0.4, -0.2) is 67.6 Å². The minimum atomic E-state index is -4.50. The first-order valence-electron chi connectivity index (χ1n) is 9.64. The van der Waals surface area contributed by atoms with Crippen LogP contribution in [0.25, 0.3) is 0 Å². The van der Waals surface area contributed by atoms with E-state index in [-0.39, 0.29) is 29.2 Å². The molecule has 1 aromatic rings. The van der Waals surface area contributed by atoms with E-state index in [0.717, 1.165) is 12.3 Å². The molecule has 2 rings (SSSR count). The molecule has 1 aliphatic rings. The molecule has 0 aromatic carbocycles. The first kappa shape index (κ1) is 24.2. The molecule has 1 fully saturated rings. The number of nitrogens with one attached hydrogen (secondary N) is 1. The summed E-state index contributed by atoms with van der Waals surface area (Å²) in [5, 5.41) is 2.66. The summed E-state index contributed by atoms with van der Waals surface area (Å²) in [4.78, 5) is 31.9. The zero-order valence-corrected chi connectivity index (χ0v) is 17.9. The second-order valence-electron chi connectivity index (χ2n) is 7.24. The standard InChI is InChI=1S/C19H26ClF3N4O3/c1-4-12(2)16(18(29)30-3)25-15(28)11-26-5-7-27(8-6-26)17-14(20)9-13(10-24-17)19(21,22)23/h9-10,12,16H,4-8,11H2,1-3H3,(H,25,28). The Morgan fingerprint density at radius 1 is 1.30 bits per heavy atom. The number of rotatable bonds is 7. The summed E-state index contributed by atoms with van der Waals surface area (Å²) >= 11 is 6.01. The van der Waals surface area contributed by atoms with Crippen molar-refractivity contribution in [3.05, 3.63) is 22.8 Å². The fourth-order valence-corrected chi connectivity index (χ4v) is 3.44. The van der Waals surface area contributed by atoms with Crippen LogP contribution in [0.15, 0.2) is 12.3 Å². The van der Waals surface area contributed by atoms with Crippen molar-refractivity contribution < 1.29 is 27.5 Å². The molecule has 1 aliphatic heterocycles. The molecule has 1 amide bonds. The average molecular weight is 451 g/mol. The number of pyridine rings is 1. The maximum absolute atomic E-state index is 12.8. The molecule has 0 aliphatic carbocycles. The molecular weight excluding hydrogens is 425 g/mol. The number of carbonyl (C=O) groups excluding carboxylic acids is 2. The van der Waals surface area contributed by atoms with Crippen molar-refractivity contribution in [2.75, 3.05) is 44.7 Å². The van der Waals surface area contributed by atoms with E-state index in [1.165, 1.54) is 7.11 Å². The van der Waals surface area contributed by atoms with Crippen molar-refractivity contribution in [3.8, 4) is 0 Å². The van der Waals surface area contributed by atoms with Gasteiger partial charge in [-0.05, 0) is 12.0 Å². The lowest BCUT2D eigenvalue weighted by molar-refractivity contribution is -0.146. The lowest BCUT2D eigenvalue weighted by atomic mass is 9.99. The maximum atomic E-state index is 12.8. The minimum absolute atomic E-state index is 0.0638. The summed E-state index contributed by atoms with van der Waals surface area (Å²) in [6, 6.07) is 0.162. The topological polar surface area (TPSA) is 74.8 Å². The molecule has 11 heteroatoms. The number of ether oxygens (including phenoxy) is 1. The molecule has 2 heterocycles. The summed E-state index contributed by atoms with van der Waals surface area (Å²) in [7, 11) is 1.28. The third-order valence-corrected chi connectivity index (χ3v) is 5.45. The third-order valence-electron chi connectivity index (χ3n) is 5.17. The van der Waals surface area contributed by atoms with Crippen molar-refractivity contribution in [1.82, 2.24) is 15.2 Å². The van der Waals surface area contributed by atoms with Gasteiger partial charge in [0.25, 0.3) is 0 Å². The monoisotopic (exact) mass is 450 g/mol. The fraction of sp³-hybridized carbons (Fsp3) is 0.632. The number of methoxy groups -OCH3 is 1. The molecule has 30 heavy (non-hydrogen) atoms. The number of aromatic nitrogens is 1. The number of anilines is 1. The Hall–Kier alpha value is -2.07. The van der Waals surface area contributed by atoms with E-state index in [1.54, 1.807) is 4.90 Å². The fourth-order valence-electron chi connectivity index (χ4n) is 3.15. The Kier molecular flexibility index (Phi) is 8.31. The van der Waals surface area contributed by atoms with E-state index in [0.29, 0.717) is 32.6 Å². The molecule has 0 bridgehead atoms. The van der Waals surface area contributed by atoms with Crippen LogP contribution in [0.5, 0.6) is 0 Å². The van der Waals surface area contributed by atoms with Crippen LogP contribution in [0, 0.1) is 5.92 Å². The number of amides is 1. The van der Waals surface area contributed by atoms with Crippen molar-refractivity contribution in [2.45, 2.75) is 32.5 Å². The van der Waals surface area contributed by atoms with Crippen LogP contribution in [0.2, 0.25) is 5.02 Å². The van der Waals surface area contributed by atoms with Crippen LogP contribution in [0.4, 0.5) is 19.0 Å². The molecule has 168 valence electrons. The Morgan fingerprint density at radius 2 is 1.93 bits per heavy atom. The van der Waals surface area contributed by atoms with Gasteiger partial charge < -0.3 is 15.0 Å². The summed E-state index contributed by atoms with van der Waals surface area (Å²) < 4.78 is 43.1. The van der Waals surface area contributed by atoms with Gasteiger partial charge in [-0.1, -0.05) is 31.9 Å². The van der Waals surface area contributed by atoms with Gasteiger partial charge in [-0.25, -0.2) is 9.78 Å². The Morgan fingerprint density at radius 3 is 2.43 bits per heavy atom. The average Bonchev–Trinajstić information content (AvgIpc) is 2.71. The highest BCUT2D eigenvalue weighted by Gasteiger charge is 2.32. The van der Waals surface area contributed by atoms with Crippen LogP contribution >= 0.6 is 11.6 Å². The Labute approximate surface area is 178 Å². The van der Waals surface area contributed by atoms with Crippen LogP contribution in [-0.2, 0) is 20.5 Å². The smallest absolute Gasteiger partial charge is 0.417 e. The number of nitrogens with zero attached hydrogens (tertiary/aromatic N) is 3. The number of carbonyl (C=O) groups is 2. The minimum Gasteiger partial charge on any atom is -0.467 e. The number of hydrogen-bond donors (Lipinski definition) is 1. The van der Waals surface area contributed by atoms with Gasteiger partial charge in [0.2, 0.25) is 5.91 Å². The zero-order chi connectivity index (χ0) is 22.5. The number of hydrogen-bond acceptors (Lipinski definition) is 6. The predicted octanol–water partition coefficient (Wildman–Crippen LogP) is 2.58. The van der Waals surface area contributed by atoms with Gasteiger partial charge in [0, 0.05) is 32.4 Å². The molecule has 0 radical (unpaired) electrons. The molecule has 2 unspecified atom stereocenters. The van der Waals surface area contributed by atoms with Gasteiger partial charge in [-0.15, -0.1) is 0 Å². The van der Waals surface area contributed by atoms with Gasteiger partial charge in [-0.2, -0.15) is 13.2 Å². The Bertz CT molecular complexity index is 755. The lowest BCUT2D eigenvalue weighted by Gasteiger charge is -2.35. The van der Waals surface area contributed by atoms with E-state index in [2.05, 4.69) is 10.3 Å². The maximum Gasteiger partial charge on any atom is 0.417 e. The zero-order valence-electron chi connectivity index (χ0n) is 17.1. The predicted molar refractivity (Wildman–Crippen MR) is 106 cm³/mol. The van der Waals surface area contributed by atoms with E-state index in [1.807, 2.05) is 18.7 Å². The molecule has 0 saturated carbocycles. The van der Waals surface area contributed by atoms with Crippen molar-refractivity contribution in [2.24, 2.45) is 5.92 Å². The van der Waals surface area contributed by atoms with Crippen molar-refractivity contribution >= 4 is 29.3 Å². The van der Waals surface area contributed by atoms with Gasteiger partial charge >= 0.3 is 12.1 Å². The van der Waals surface area contributed by atoms with Crippen molar-refractivity contribution in [3.63, 3.8) is 0 Å². The van der Waals surface area contributed by atoms with Crippen LogP contribution < -0.4 is 10.2 Å². The highest BCUT2D eigenvalue weighted by atomic mass is 35.5. The second-order valence-corrected chi connectivity index (χ2v) is 7.65. The molecule has 7 nitrogen and oxygen atoms in total. The summed E-state index contributed by atoms with van der Waals surface area (Å²) in [5.74, 6) is -0.544. The van der Waals surface area contributed by atoms with E-state index < -0.39 is 23.8 Å². The number of halogens is 4. The molecule has 2 atom stereocenters. The second kappa shape index (κ2) is 10.3. The van der Waals surface area contributed by atoms with Crippen molar-refractivity contribution in [1.29, 1.82) is 0 Å². The van der Waals surface area contributed by atoms with Gasteiger partial charge in [-0.3, -0.25) is 9.69 Å². The normalized spacial score (nSPS) is 17.4. The molecular formula is C19H26ClF3N4O3. The largest absolute Gasteiger partial charge is 0.467 e. The van der Waals surface area contributed by atoms with E-state index in [4.69, 9.17) is 16.3 Å². The quantitative estimate of drug-likeness (QED) is 0.644. The highest BCUT2D eigenvalue weighted by molar-refractivity contribution is 6.33. The summed E-state index contributed by atoms with van der Waals surface area (Å²) in [5.41, 5.74) is -0.895.